The quantitative estimate of drug-likeness (QED) is 0.834. The molecular weight excluding hydrogens is 316 g/mol. The Morgan fingerprint density at radius 2 is 1.60 bits per heavy atom. The van der Waals surface area contributed by atoms with Gasteiger partial charge in [-0.15, -0.1) is 0 Å². The fraction of sp³-hybridized carbons (Fsp3) is 0.625. The SMILES string of the molecule is C[C@H](Nc1nc(Cl)nc(NCC(F)(F)F)n1)C(F)(F)F. The highest BCUT2D eigenvalue weighted by molar-refractivity contribution is 6.28. The van der Waals surface area contributed by atoms with E-state index in [4.69, 9.17) is 11.6 Å². The summed E-state index contributed by atoms with van der Waals surface area (Å²) in [6.07, 6.45) is -9.11. The summed E-state index contributed by atoms with van der Waals surface area (Å²) in [5.74, 6) is -1.17. The number of halogens is 7. The summed E-state index contributed by atoms with van der Waals surface area (Å²) >= 11 is 5.39. The summed E-state index contributed by atoms with van der Waals surface area (Å²) in [4.78, 5) is 10.0. The lowest BCUT2D eigenvalue weighted by atomic mass is 10.3. The molecular formula is C8H8ClF6N5. The van der Waals surface area contributed by atoms with Crippen molar-refractivity contribution in [2.24, 2.45) is 0 Å². The van der Waals surface area contributed by atoms with Gasteiger partial charge in [0.1, 0.15) is 12.6 Å². The van der Waals surface area contributed by atoms with Crippen molar-refractivity contribution in [3.63, 3.8) is 0 Å². The van der Waals surface area contributed by atoms with Gasteiger partial charge in [0, 0.05) is 0 Å². The topological polar surface area (TPSA) is 62.7 Å². The van der Waals surface area contributed by atoms with Crippen molar-refractivity contribution in [2.75, 3.05) is 17.2 Å². The Bertz CT molecular complexity index is 462. The Balaban J connectivity index is 2.81. The largest absolute Gasteiger partial charge is 0.408 e. The van der Waals surface area contributed by atoms with E-state index in [-0.39, 0.29) is 0 Å². The molecule has 1 heterocycles. The standard InChI is InChI=1S/C8H8ClF6N5/c1-3(8(13,14)15)17-6-19-4(9)18-5(20-6)16-2-7(10,11)12/h3H,2H2,1H3,(H2,16,17,18,19,20)/t3-/m0/s1. The van der Waals surface area contributed by atoms with E-state index in [1.165, 1.54) is 0 Å². The van der Waals surface area contributed by atoms with Crippen molar-refractivity contribution >= 4 is 23.5 Å². The van der Waals surface area contributed by atoms with E-state index in [2.05, 4.69) is 15.0 Å². The van der Waals surface area contributed by atoms with E-state index >= 15 is 0 Å². The molecule has 0 radical (unpaired) electrons. The van der Waals surface area contributed by atoms with Crippen LogP contribution in [0.15, 0.2) is 0 Å². The molecule has 2 N–H and O–H groups in total. The lowest BCUT2D eigenvalue weighted by Crippen LogP contribution is -2.34. The minimum atomic E-state index is -4.57. The van der Waals surface area contributed by atoms with Crippen LogP contribution >= 0.6 is 11.6 Å². The summed E-state index contributed by atoms with van der Waals surface area (Å²) in [7, 11) is 0. The van der Waals surface area contributed by atoms with Crippen LogP contribution in [0.5, 0.6) is 0 Å². The van der Waals surface area contributed by atoms with Crippen LogP contribution in [0.1, 0.15) is 6.92 Å². The first kappa shape index (κ1) is 16.5. The van der Waals surface area contributed by atoms with Crippen LogP contribution in [0, 0.1) is 0 Å². The highest BCUT2D eigenvalue weighted by Crippen LogP contribution is 2.23. The maximum Gasteiger partial charge on any atom is 0.408 e. The van der Waals surface area contributed by atoms with E-state index in [1.54, 1.807) is 5.32 Å². The lowest BCUT2D eigenvalue weighted by molar-refractivity contribution is -0.138. The molecule has 0 unspecified atom stereocenters. The molecule has 0 spiro atoms. The third-order valence-electron chi connectivity index (χ3n) is 1.89. The van der Waals surface area contributed by atoms with Crippen LogP contribution in [0.25, 0.3) is 0 Å². The highest BCUT2D eigenvalue weighted by atomic mass is 35.5. The van der Waals surface area contributed by atoms with E-state index < -0.39 is 42.1 Å². The fourth-order valence-electron chi connectivity index (χ4n) is 0.948. The normalized spacial score (nSPS) is 14.0. The summed E-state index contributed by atoms with van der Waals surface area (Å²) < 4.78 is 72.9. The fourth-order valence-corrected chi connectivity index (χ4v) is 1.11. The predicted octanol–water partition coefficient (Wildman–Crippen LogP) is 2.86. The molecule has 5 nitrogen and oxygen atoms in total. The molecule has 0 saturated heterocycles. The lowest BCUT2D eigenvalue weighted by Gasteiger charge is -2.17. The van der Waals surface area contributed by atoms with E-state index in [0.717, 1.165) is 6.92 Å². The van der Waals surface area contributed by atoms with Gasteiger partial charge in [0.05, 0.1) is 0 Å². The second-order valence-electron chi connectivity index (χ2n) is 3.63. The van der Waals surface area contributed by atoms with Crippen LogP contribution in [-0.2, 0) is 0 Å². The minimum Gasteiger partial charge on any atom is -0.345 e. The van der Waals surface area contributed by atoms with Crippen LogP contribution in [0.2, 0.25) is 5.28 Å². The van der Waals surface area contributed by atoms with Gasteiger partial charge < -0.3 is 10.6 Å². The molecule has 0 amide bonds. The van der Waals surface area contributed by atoms with Crippen LogP contribution in [0.3, 0.4) is 0 Å². The third kappa shape index (κ3) is 5.63. The second kappa shape index (κ2) is 5.85. The van der Waals surface area contributed by atoms with Crippen LogP contribution in [0.4, 0.5) is 38.2 Å². The zero-order chi connectivity index (χ0) is 15.6. The molecule has 0 saturated carbocycles. The Labute approximate surface area is 113 Å². The van der Waals surface area contributed by atoms with Crippen molar-refractivity contribution in [2.45, 2.75) is 25.3 Å². The maximum atomic E-state index is 12.3. The van der Waals surface area contributed by atoms with Gasteiger partial charge in [0.25, 0.3) is 0 Å². The number of nitrogens with one attached hydrogen (secondary N) is 2. The van der Waals surface area contributed by atoms with Gasteiger partial charge in [0.2, 0.25) is 17.2 Å². The number of hydrogen-bond donors (Lipinski definition) is 2. The van der Waals surface area contributed by atoms with Crippen molar-refractivity contribution in [3.05, 3.63) is 5.28 Å². The molecule has 0 aliphatic carbocycles. The molecule has 0 aliphatic heterocycles. The van der Waals surface area contributed by atoms with Crippen LogP contribution < -0.4 is 10.6 Å². The molecule has 1 aromatic rings. The zero-order valence-corrected chi connectivity index (χ0v) is 10.5. The second-order valence-corrected chi connectivity index (χ2v) is 3.97. The van der Waals surface area contributed by atoms with Gasteiger partial charge in [-0.3, -0.25) is 0 Å². The molecule has 0 fully saturated rings. The van der Waals surface area contributed by atoms with E-state index in [1.807, 2.05) is 5.32 Å². The van der Waals surface area contributed by atoms with Crippen molar-refractivity contribution in [1.82, 2.24) is 15.0 Å². The molecule has 1 rings (SSSR count). The number of anilines is 2. The van der Waals surface area contributed by atoms with E-state index in [9.17, 15) is 26.3 Å². The molecule has 0 aliphatic rings. The first-order valence-electron chi connectivity index (χ1n) is 5.03. The Morgan fingerprint density at radius 1 is 1.05 bits per heavy atom. The Morgan fingerprint density at radius 3 is 2.10 bits per heavy atom. The molecule has 1 aromatic heterocycles. The number of aromatic nitrogens is 3. The van der Waals surface area contributed by atoms with Crippen molar-refractivity contribution < 1.29 is 26.3 Å². The Hall–Kier alpha value is -1.52. The monoisotopic (exact) mass is 323 g/mol. The number of hydrogen-bond acceptors (Lipinski definition) is 5. The van der Waals surface area contributed by atoms with Gasteiger partial charge in [-0.05, 0) is 18.5 Å². The molecule has 0 bridgehead atoms. The van der Waals surface area contributed by atoms with E-state index in [0.29, 0.717) is 0 Å². The summed E-state index contributed by atoms with van der Waals surface area (Å²) in [6, 6.07) is -2.00. The molecule has 0 aromatic carbocycles. The van der Waals surface area contributed by atoms with Gasteiger partial charge in [0.15, 0.2) is 0 Å². The third-order valence-corrected chi connectivity index (χ3v) is 2.06. The Kier molecular flexibility index (Phi) is 4.84. The number of nitrogens with zero attached hydrogens (tertiary/aromatic N) is 3. The minimum absolute atomic E-state index is 0.540. The molecule has 20 heavy (non-hydrogen) atoms. The summed E-state index contributed by atoms with van der Waals surface area (Å²) in [5.41, 5.74) is 0. The number of alkyl halides is 6. The highest BCUT2D eigenvalue weighted by Gasteiger charge is 2.36. The first-order valence-corrected chi connectivity index (χ1v) is 5.40. The summed E-state index contributed by atoms with van der Waals surface area (Å²) in [6.45, 7) is -0.665. The molecule has 1 atom stereocenters. The van der Waals surface area contributed by atoms with Gasteiger partial charge in [-0.25, -0.2) is 0 Å². The summed E-state index contributed by atoms with van der Waals surface area (Å²) in [5, 5.41) is 3.11. The van der Waals surface area contributed by atoms with Crippen LogP contribution in [-0.4, -0.2) is 39.9 Å². The predicted molar refractivity (Wildman–Crippen MR) is 58.5 cm³/mol. The van der Waals surface area contributed by atoms with Crippen molar-refractivity contribution in [1.29, 1.82) is 0 Å². The van der Waals surface area contributed by atoms with Gasteiger partial charge >= 0.3 is 12.4 Å². The maximum absolute atomic E-state index is 12.3. The zero-order valence-electron chi connectivity index (χ0n) is 9.77. The first-order chi connectivity index (χ1) is 8.97. The van der Waals surface area contributed by atoms with Gasteiger partial charge in [-0.1, -0.05) is 0 Å². The average molecular weight is 324 g/mol. The number of rotatable bonds is 4. The average Bonchev–Trinajstić information content (AvgIpc) is 2.23. The van der Waals surface area contributed by atoms with Crippen molar-refractivity contribution in [3.8, 4) is 0 Å². The smallest absolute Gasteiger partial charge is 0.345 e. The molecule has 12 heteroatoms. The van der Waals surface area contributed by atoms with Gasteiger partial charge in [-0.2, -0.15) is 41.3 Å². The molecule has 114 valence electrons.